The van der Waals surface area contributed by atoms with Crippen molar-refractivity contribution < 1.29 is 32.3 Å². The average molecular weight is 574 g/mol. The van der Waals surface area contributed by atoms with E-state index in [-0.39, 0.29) is 30.8 Å². The Morgan fingerprint density at radius 3 is 2.41 bits per heavy atom. The second kappa shape index (κ2) is 10.9. The van der Waals surface area contributed by atoms with Gasteiger partial charge in [-0.25, -0.2) is 9.78 Å². The van der Waals surface area contributed by atoms with Crippen LogP contribution in [0.25, 0.3) is 0 Å². The van der Waals surface area contributed by atoms with Gasteiger partial charge in [-0.2, -0.15) is 13.2 Å². The number of nitrogens with zero attached hydrogens (tertiary/aromatic N) is 4. The normalized spacial score (nSPS) is 22.0. The molecule has 3 aliphatic heterocycles. The van der Waals surface area contributed by atoms with E-state index in [1.54, 1.807) is 4.90 Å². The van der Waals surface area contributed by atoms with Crippen LogP contribution in [0.4, 0.5) is 29.5 Å². The maximum absolute atomic E-state index is 13.4. The Morgan fingerprint density at radius 2 is 1.80 bits per heavy atom. The topological polar surface area (TPSA) is 95.1 Å². The molecular formula is C29H34F3N5O4. The van der Waals surface area contributed by atoms with Crippen LogP contribution in [0.15, 0.2) is 36.5 Å². The first-order valence-electron chi connectivity index (χ1n) is 14.0. The lowest BCUT2D eigenvalue weighted by Crippen LogP contribution is -2.55. The molecule has 5 rings (SSSR count). The van der Waals surface area contributed by atoms with Gasteiger partial charge in [0, 0.05) is 50.7 Å². The van der Waals surface area contributed by atoms with Crippen LogP contribution in [0.1, 0.15) is 57.1 Å². The molecule has 0 aliphatic carbocycles. The highest BCUT2D eigenvalue weighted by molar-refractivity contribution is 6.07. The zero-order valence-electron chi connectivity index (χ0n) is 23.3. The Morgan fingerprint density at radius 1 is 1.10 bits per heavy atom. The fourth-order valence-electron chi connectivity index (χ4n) is 6.09. The highest BCUT2D eigenvalue weighted by Crippen LogP contribution is 2.41. The van der Waals surface area contributed by atoms with E-state index in [1.165, 1.54) is 11.0 Å². The van der Waals surface area contributed by atoms with E-state index in [0.717, 1.165) is 36.6 Å². The summed E-state index contributed by atoms with van der Waals surface area (Å²) in [6.07, 6.45) is -2.81. The number of carbonyl (C=O) groups excluding carboxylic acids is 3. The van der Waals surface area contributed by atoms with Gasteiger partial charge in [0.25, 0.3) is 5.91 Å². The summed E-state index contributed by atoms with van der Waals surface area (Å²) in [6.45, 7) is 8.51. The van der Waals surface area contributed by atoms with Gasteiger partial charge >= 0.3 is 18.2 Å². The SMILES string of the molecule is CCN(CC)c1ccc2c(c1)OC(=O)C(CCN1C(=O)NC3(CCN(c4ccc(C(F)(F)F)cn4)CC3)C1=O)C2C. The van der Waals surface area contributed by atoms with Crippen LogP contribution in [-0.2, 0) is 15.8 Å². The van der Waals surface area contributed by atoms with Crippen LogP contribution in [-0.4, -0.2) is 66.1 Å². The number of imide groups is 1. The lowest BCUT2D eigenvalue weighted by atomic mass is 9.82. The van der Waals surface area contributed by atoms with Crippen LogP contribution < -0.4 is 19.9 Å². The highest BCUT2D eigenvalue weighted by atomic mass is 19.4. The molecule has 2 saturated heterocycles. The van der Waals surface area contributed by atoms with Crippen molar-refractivity contribution >= 4 is 29.4 Å². The van der Waals surface area contributed by atoms with Gasteiger partial charge in [-0.15, -0.1) is 0 Å². The van der Waals surface area contributed by atoms with Gasteiger partial charge in [0.15, 0.2) is 0 Å². The molecule has 3 aliphatic rings. The molecule has 2 aromatic rings. The molecule has 2 fully saturated rings. The Labute approximate surface area is 236 Å². The lowest BCUT2D eigenvalue weighted by Gasteiger charge is -2.38. The number of piperidine rings is 1. The van der Waals surface area contributed by atoms with Crippen LogP contribution in [0.5, 0.6) is 5.75 Å². The van der Waals surface area contributed by atoms with E-state index in [4.69, 9.17) is 4.74 Å². The Balaban J connectivity index is 1.21. The molecule has 9 nitrogen and oxygen atoms in total. The number of pyridine rings is 1. The minimum atomic E-state index is -4.47. The number of rotatable bonds is 7. The molecular weight excluding hydrogens is 539 g/mol. The first-order valence-corrected chi connectivity index (χ1v) is 14.0. The largest absolute Gasteiger partial charge is 0.426 e. The molecule has 0 radical (unpaired) electrons. The summed E-state index contributed by atoms with van der Waals surface area (Å²) in [5.74, 6) is -0.440. The van der Waals surface area contributed by atoms with Crippen LogP contribution in [0.2, 0.25) is 0 Å². The van der Waals surface area contributed by atoms with Crippen molar-refractivity contribution in [1.82, 2.24) is 15.2 Å². The molecule has 1 N–H and O–H groups in total. The predicted molar refractivity (Wildman–Crippen MR) is 146 cm³/mol. The van der Waals surface area contributed by atoms with Crippen molar-refractivity contribution in [3.8, 4) is 5.75 Å². The zero-order valence-corrected chi connectivity index (χ0v) is 23.3. The summed E-state index contributed by atoms with van der Waals surface area (Å²) in [5.41, 5.74) is -0.000868. The number of aromatic nitrogens is 1. The van der Waals surface area contributed by atoms with Crippen molar-refractivity contribution in [2.24, 2.45) is 5.92 Å². The number of esters is 1. The van der Waals surface area contributed by atoms with Gasteiger partial charge in [0.1, 0.15) is 17.1 Å². The Hall–Kier alpha value is -3.83. The number of halogens is 3. The van der Waals surface area contributed by atoms with Crippen LogP contribution in [0, 0.1) is 5.92 Å². The number of carbonyl (C=O) groups is 3. The number of urea groups is 1. The maximum atomic E-state index is 13.4. The molecule has 1 aromatic carbocycles. The van der Waals surface area contributed by atoms with Crippen LogP contribution >= 0.6 is 0 Å². The number of hydrogen-bond donors (Lipinski definition) is 1. The molecule has 4 heterocycles. The molecule has 0 saturated carbocycles. The van der Waals surface area contributed by atoms with E-state index in [1.807, 2.05) is 25.1 Å². The summed E-state index contributed by atoms with van der Waals surface area (Å²) >= 11 is 0. The van der Waals surface area contributed by atoms with Gasteiger partial charge in [-0.3, -0.25) is 14.5 Å². The van der Waals surface area contributed by atoms with Crippen molar-refractivity contribution in [3.63, 3.8) is 0 Å². The first-order chi connectivity index (χ1) is 19.5. The van der Waals surface area contributed by atoms with Crippen molar-refractivity contribution in [2.45, 2.75) is 57.7 Å². The van der Waals surface area contributed by atoms with Gasteiger partial charge < -0.3 is 19.9 Å². The maximum Gasteiger partial charge on any atom is 0.417 e. The van der Waals surface area contributed by atoms with E-state index in [2.05, 4.69) is 29.0 Å². The number of ether oxygens (including phenoxy) is 1. The summed E-state index contributed by atoms with van der Waals surface area (Å²) in [5, 5.41) is 2.84. The second-order valence-corrected chi connectivity index (χ2v) is 10.9. The molecule has 2 atom stereocenters. The number of alkyl halides is 3. The molecule has 0 bridgehead atoms. The number of benzene rings is 1. The van der Waals surface area contributed by atoms with Gasteiger partial charge in [-0.05, 0) is 62.8 Å². The Bertz CT molecular complexity index is 1320. The fraction of sp³-hybridized carbons (Fsp3) is 0.517. The standard InChI is InChI=1S/C29H34F3N5O4/c1-4-35(5-2)20-7-8-21-18(3)22(25(38)41-23(21)16-20)10-13-37-26(39)28(34-27(37)40)11-14-36(15-12-28)24-9-6-19(17-33-24)29(30,31)32/h6-9,16-18,22H,4-5,10-15H2,1-3H3,(H,34,40). The van der Waals surface area contributed by atoms with Crippen molar-refractivity contribution in [3.05, 3.63) is 47.7 Å². The quantitative estimate of drug-likeness (QED) is 0.295. The first kappa shape index (κ1) is 28.7. The average Bonchev–Trinajstić information content (AvgIpc) is 3.17. The van der Waals surface area contributed by atoms with Crippen LogP contribution in [0.3, 0.4) is 0 Å². The predicted octanol–water partition coefficient (Wildman–Crippen LogP) is 4.57. The fourth-order valence-corrected chi connectivity index (χ4v) is 6.09. The summed E-state index contributed by atoms with van der Waals surface area (Å²) in [4.78, 5) is 48.4. The number of anilines is 2. The monoisotopic (exact) mass is 573 g/mol. The molecule has 1 spiro atoms. The third-order valence-corrected chi connectivity index (χ3v) is 8.66. The Kier molecular flexibility index (Phi) is 7.60. The minimum absolute atomic E-state index is 0.0769. The number of nitrogens with one attached hydrogen (secondary N) is 1. The summed E-state index contributed by atoms with van der Waals surface area (Å²) < 4.78 is 44.3. The third-order valence-electron chi connectivity index (χ3n) is 8.66. The number of fused-ring (bicyclic) bond motifs is 1. The molecule has 3 amide bonds. The molecule has 1 aromatic heterocycles. The third kappa shape index (κ3) is 5.31. The molecule has 2 unspecified atom stereocenters. The smallest absolute Gasteiger partial charge is 0.417 e. The van der Waals surface area contributed by atoms with E-state index in [9.17, 15) is 27.6 Å². The van der Waals surface area contributed by atoms with E-state index < -0.39 is 29.2 Å². The van der Waals surface area contributed by atoms with Gasteiger partial charge in [0.05, 0.1) is 11.5 Å². The summed E-state index contributed by atoms with van der Waals surface area (Å²) in [7, 11) is 0. The molecule has 41 heavy (non-hydrogen) atoms. The number of hydrogen-bond acceptors (Lipinski definition) is 7. The molecule has 220 valence electrons. The van der Waals surface area contributed by atoms with Crippen molar-refractivity contribution in [2.75, 3.05) is 42.5 Å². The second-order valence-electron chi connectivity index (χ2n) is 10.9. The minimum Gasteiger partial charge on any atom is -0.426 e. The highest BCUT2D eigenvalue weighted by Gasteiger charge is 2.52. The molecule has 12 heteroatoms. The zero-order chi connectivity index (χ0) is 29.5. The summed E-state index contributed by atoms with van der Waals surface area (Å²) in [6, 6.07) is 7.69. The van der Waals surface area contributed by atoms with E-state index >= 15 is 0 Å². The van der Waals surface area contributed by atoms with Gasteiger partial charge in [0.2, 0.25) is 0 Å². The number of amides is 3. The lowest BCUT2D eigenvalue weighted by molar-refractivity contribution is -0.142. The van der Waals surface area contributed by atoms with Gasteiger partial charge in [-0.1, -0.05) is 13.0 Å². The van der Waals surface area contributed by atoms with E-state index in [0.29, 0.717) is 37.5 Å². The van der Waals surface area contributed by atoms with Crippen molar-refractivity contribution in [1.29, 1.82) is 0 Å².